The number of hydrogen-bond acceptors (Lipinski definition) is 5. The Bertz CT molecular complexity index is 926. The van der Waals surface area contributed by atoms with Gasteiger partial charge in [0.05, 0.1) is 18.0 Å². The van der Waals surface area contributed by atoms with E-state index in [0.717, 1.165) is 16.6 Å². The molecular weight excluding hydrogens is 306 g/mol. The Morgan fingerprint density at radius 3 is 2.71 bits per heavy atom. The number of rotatable bonds is 5. The van der Waals surface area contributed by atoms with E-state index in [1.165, 1.54) is 4.68 Å². The molecule has 7 heteroatoms. The number of H-pyrrole nitrogens is 1. The maximum Gasteiger partial charge on any atom is 0.275 e. The van der Waals surface area contributed by atoms with Gasteiger partial charge in [0.2, 0.25) is 0 Å². The molecule has 3 rings (SSSR count). The zero-order valence-electron chi connectivity index (χ0n) is 14.3. The first-order chi connectivity index (χ1) is 11.5. The molecular formula is C17H21N5O2. The summed E-state index contributed by atoms with van der Waals surface area (Å²) >= 11 is 0. The second kappa shape index (κ2) is 6.45. The lowest BCUT2D eigenvalue weighted by Crippen LogP contribution is -2.25. The van der Waals surface area contributed by atoms with E-state index < -0.39 is 0 Å². The van der Waals surface area contributed by atoms with Gasteiger partial charge in [-0.25, -0.2) is 4.68 Å². The van der Waals surface area contributed by atoms with E-state index in [1.54, 1.807) is 7.11 Å². The maximum atomic E-state index is 12.7. The fourth-order valence-corrected chi connectivity index (χ4v) is 2.61. The summed E-state index contributed by atoms with van der Waals surface area (Å²) in [7, 11) is 1.64. The lowest BCUT2D eigenvalue weighted by molar-refractivity contribution is 0.185. The van der Waals surface area contributed by atoms with Gasteiger partial charge in [-0.15, -0.1) is 0 Å². The van der Waals surface area contributed by atoms with Crippen molar-refractivity contribution in [2.24, 2.45) is 0 Å². The Kier molecular flexibility index (Phi) is 4.35. The van der Waals surface area contributed by atoms with E-state index in [-0.39, 0.29) is 11.6 Å². The fraction of sp³-hybridized carbons (Fsp3) is 0.353. The topological polar surface area (TPSA) is 84.8 Å². The van der Waals surface area contributed by atoms with Gasteiger partial charge in [0, 0.05) is 24.3 Å². The summed E-state index contributed by atoms with van der Waals surface area (Å²) in [6.45, 7) is 6.27. The first kappa shape index (κ1) is 16.2. The van der Waals surface area contributed by atoms with Gasteiger partial charge in [-0.05, 0) is 38.5 Å². The monoisotopic (exact) mass is 327 g/mol. The average molecular weight is 327 g/mol. The molecule has 3 aromatic rings. The highest BCUT2D eigenvalue weighted by Crippen LogP contribution is 2.24. The van der Waals surface area contributed by atoms with Crippen LogP contribution in [0.1, 0.15) is 31.1 Å². The van der Waals surface area contributed by atoms with Crippen LogP contribution in [0.3, 0.4) is 0 Å². The van der Waals surface area contributed by atoms with Crippen LogP contribution in [0.15, 0.2) is 29.1 Å². The minimum Gasteiger partial charge on any atom is -0.380 e. The minimum atomic E-state index is -0.104. The van der Waals surface area contributed by atoms with Crippen LogP contribution in [0.4, 0.5) is 11.6 Å². The molecule has 126 valence electrons. The molecule has 0 fully saturated rings. The van der Waals surface area contributed by atoms with Crippen LogP contribution in [-0.4, -0.2) is 27.1 Å². The first-order valence-electron chi connectivity index (χ1n) is 7.83. The van der Waals surface area contributed by atoms with E-state index in [4.69, 9.17) is 4.74 Å². The molecule has 1 aromatic carbocycles. The Balaban J connectivity index is 2.20. The first-order valence-corrected chi connectivity index (χ1v) is 7.83. The summed E-state index contributed by atoms with van der Waals surface area (Å²) in [4.78, 5) is 12.7. The molecule has 0 radical (unpaired) electrons. The van der Waals surface area contributed by atoms with E-state index >= 15 is 0 Å². The van der Waals surface area contributed by atoms with E-state index in [9.17, 15) is 4.79 Å². The molecule has 0 atom stereocenters. The number of aromatic nitrogens is 4. The van der Waals surface area contributed by atoms with Crippen molar-refractivity contribution < 1.29 is 4.74 Å². The van der Waals surface area contributed by atoms with Crippen LogP contribution in [0, 0.1) is 6.92 Å². The number of nitrogens with one attached hydrogen (secondary N) is 2. The van der Waals surface area contributed by atoms with Gasteiger partial charge in [0.25, 0.3) is 5.56 Å². The van der Waals surface area contributed by atoms with Gasteiger partial charge in [-0.3, -0.25) is 9.89 Å². The van der Waals surface area contributed by atoms with Crippen molar-refractivity contribution in [1.82, 2.24) is 20.0 Å². The molecule has 2 heterocycles. The van der Waals surface area contributed by atoms with Crippen LogP contribution in [0.25, 0.3) is 10.8 Å². The van der Waals surface area contributed by atoms with Gasteiger partial charge in [0.1, 0.15) is 0 Å². The van der Waals surface area contributed by atoms with Crippen molar-refractivity contribution in [2.45, 2.75) is 33.4 Å². The number of nitrogens with zero attached hydrogens (tertiary/aromatic N) is 3. The van der Waals surface area contributed by atoms with Crippen LogP contribution < -0.4 is 10.9 Å². The van der Waals surface area contributed by atoms with Crippen molar-refractivity contribution in [3.8, 4) is 0 Å². The van der Waals surface area contributed by atoms with Crippen molar-refractivity contribution in [1.29, 1.82) is 0 Å². The summed E-state index contributed by atoms with van der Waals surface area (Å²) in [6.07, 6.45) is 0. The molecule has 24 heavy (non-hydrogen) atoms. The lowest BCUT2D eigenvalue weighted by Gasteiger charge is -2.14. The average Bonchev–Trinajstić information content (AvgIpc) is 2.95. The molecule has 0 amide bonds. The molecule has 0 spiro atoms. The second-order valence-electron chi connectivity index (χ2n) is 6.07. The Morgan fingerprint density at radius 1 is 1.29 bits per heavy atom. The fourth-order valence-electron chi connectivity index (χ4n) is 2.61. The third-order valence-corrected chi connectivity index (χ3v) is 3.74. The molecule has 0 saturated heterocycles. The minimum absolute atomic E-state index is 0.0398. The third-order valence-electron chi connectivity index (χ3n) is 3.74. The quantitative estimate of drug-likeness (QED) is 0.752. The molecule has 0 aliphatic rings. The number of ether oxygens (including phenoxy) is 1. The van der Waals surface area contributed by atoms with E-state index in [0.29, 0.717) is 23.6 Å². The second-order valence-corrected chi connectivity index (χ2v) is 6.07. The predicted molar refractivity (Wildman–Crippen MR) is 93.7 cm³/mol. The standard InChI is InChI=1S/C17H21N5O2/c1-10(2)22-17(23)13-6-5-12(9-24-4)8-14(13)16(21-22)18-15-7-11(3)19-20-15/h5-8,10H,9H2,1-4H3,(H2,18,19,20,21). The van der Waals surface area contributed by atoms with Crippen molar-refractivity contribution in [2.75, 3.05) is 12.4 Å². The Hall–Kier alpha value is -2.67. The van der Waals surface area contributed by atoms with Gasteiger partial charge >= 0.3 is 0 Å². The van der Waals surface area contributed by atoms with Crippen LogP contribution >= 0.6 is 0 Å². The van der Waals surface area contributed by atoms with E-state index in [1.807, 2.05) is 45.0 Å². The number of methoxy groups -OCH3 is 1. The van der Waals surface area contributed by atoms with Crippen molar-refractivity contribution in [3.63, 3.8) is 0 Å². The zero-order valence-corrected chi connectivity index (χ0v) is 14.3. The Morgan fingerprint density at radius 2 is 2.08 bits per heavy atom. The summed E-state index contributed by atoms with van der Waals surface area (Å²) in [5.74, 6) is 1.26. The van der Waals surface area contributed by atoms with Crippen molar-refractivity contribution in [3.05, 3.63) is 45.9 Å². The van der Waals surface area contributed by atoms with Crippen LogP contribution in [-0.2, 0) is 11.3 Å². The summed E-state index contributed by atoms with van der Waals surface area (Å²) in [5.41, 5.74) is 1.82. The largest absolute Gasteiger partial charge is 0.380 e. The number of aromatic amines is 1. The number of anilines is 2. The van der Waals surface area contributed by atoms with Crippen LogP contribution in [0.2, 0.25) is 0 Å². The number of benzene rings is 1. The van der Waals surface area contributed by atoms with Crippen LogP contribution in [0.5, 0.6) is 0 Å². The Labute approximate surface area is 139 Å². The highest BCUT2D eigenvalue weighted by Gasteiger charge is 2.14. The summed E-state index contributed by atoms with van der Waals surface area (Å²) in [5, 5.41) is 16.2. The molecule has 0 bridgehead atoms. The number of hydrogen-bond donors (Lipinski definition) is 2. The predicted octanol–water partition coefficient (Wildman–Crippen LogP) is 2.90. The highest BCUT2D eigenvalue weighted by molar-refractivity contribution is 5.92. The van der Waals surface area contributed by atoms with Gasteiger partial charge in [0.15, 0.2) is 11.6 Å². The molecule has 0 unspecified atom stereocenters. The van der Waals surface area contributed by atoms with E-state index in [2.05, 4.69) is 20.6 Å². The molecule has 2 N–H and O–H groups in total. The zero-order chi connectivity index (χ0) is 17.3. The molecule has 0 aliphatic carbocycles. The summed E-state index contributed by atoms with van der Waals surface area (Å²) < 4.78 is 6.68. The molecule has 0 saturated carbocycles. The van der Waals surface area contributed by atoms with Gasteiger partial charge < -0.3 is 10.1 Å². The maximum absolute atomic E-state index is 12.7. The molecule has 2 aromatic heterocycles. The molecule has 7 nitrogen and oxygen atoms in total. The highest BCUT2D eigenvalue weighted by atomic mass is 16.5. The normalized spacial score (nSPS) is 11.4. The van der Waals surface area contributed by atoms with Gasteiger partial charge in [-0.1, -0.05) is 6.07 Å². The van der Waals surface area contributed by atoms with Gasteiger partial charge in [-0.2, -0.15) is 10.2 Å². The lowest BCUT2D eigenvalue weighted by atomic mass is 10.1. The smallest absolute Gasteiger partial charge is 0.275 e. The number of aryl methyl sites for hydroxylation is 1. The SMILES string of the molecule is COCc1ccc2c(=O)n(C(C)C)nc(Nc3cc(C)[nH]n3)c2c1. The van der Waals surface area contributed by atoms with Crippen molar-refractivity contribution >= 4 is 22.4 Å². The summed E-state index contributed by atoms with van der Waals surface area (Å²) in [6, 6.07) is 7.51. The third kappa shape index (κ3) is 3.03. The molecule has 0 aliphatic heterocycles. The number of fused-ring (bicyclic) bond motifs is 1.